The summed E-state index contributed by atoms with van der Waals surface area (Å²) < 4.78 is 2.38. The van der Waals surface area contributed by atoms with Crippen LogP contribution in [0.5, 0.6) is 0 Å². The quantitative estimate of drug-likeness (QED) is 0.144. The summed E-state index contributed by atoms with van der Waals surface area (Å²) in [6.45, 7) is 4.36. The van der Waals surface area contributed by atoms with Gasteiger partial charge in [-0.3, -0.25) is 0 Å². The monoisotopic (exact) mass is 884 g/mol. The lowest BCUT2D eigenvalue weighted by molar-refractivity contribution is 1.07. The van der Waals surface area contributed by atoms with E-state index in [-0.39, 0.29) is 0 Å². The second kappa shape index (κ2) is 17.6. The zero-order chi connectivity index (χ0) is 46.3. The van der Waals surface area contributed by atoms with Crippen molar-refractivity contribution in [2.24, 2.45) is 0 Å². The molecule has 6 nitrogen and oxygen atoms in total. The summed E-state index contributed by atoms with van der Waals surface area (Å²) in [5, 5.41) is 2.30. The van der Waals surface area contributed by atoms with Gasteiger partial charge in [0.15, 0.2) is 23.3 Å². The van der Waals surface area contributed by atoms with Gasteiger partial charge >= 0.3 is 0 Å². The van der Waals surface area contributed by atoms with Crippen LogP contribution in [-0.2, 0) is 0 Å². The largest absolute Gasteiger partial charge is 0.308 e. The average molecular weight is 885 g/mol. The number of hydrogen-bond donors (Lipinski definition) is 0. The molecule has 12 rings (SSSR count). The number of rotatable bonds is 9. The van der Waals surface area contributed by atoms with Crippen molar-refractivity contribution in [3.8, 4) is 96.0 Å². The van der Waals surface area contributed by atoms with Gasteiger partial charge < -0.3 is 4.57 Å². The first kappa shape index (κ1) is 41.3. The van der Waals surface area contributed by atoms with Crippen LogP contribution in [0, 0.1) is 13.8 Å². The molecule has 3 heterocycles. The van der Waals surface area contributed by atoms with Crippen LogP contribution in [-0.4, -0.2) is 29.5 Å². The van der Waals surface area contributed by atoms with Gasteiger partial charge in [-0.15, -0.1) is 0 Å². The summed E-state index contributed by atoms with van der Waals surface area (Å²) in [6, 6.07) is 80.4. The van der Waals surface area contributed by atoms with Crippen molar-refractivity contribution in [2.75, 3.05) is 0 Å². The third-order valence-electron chi connectivity index (χ3n) is 13.0. The molecule has 6 heteroatoms. The van der Waals surface area contributed by atoms with Gasteiger partial charge in [0.05, 0.1) is 28.1 Å². The molecule has 0 saturated heterocycles. The van der Waals surface area contributed by atoms with E-state index in [0.29, 0.717) is 23.3 Å². The second-order valence-corrected chi connectivity index (χ2v) is 17.4. The van der Waals surface area contributed by atoms with Crippen molar-refractivity contribution in [3.05, 3.63) is 242 Å². The number of aromatic nitrogens is 6. The summed E-state index contributed by atoms with van der Waals surface area (Å²) in [6.07, 6.45) is 0. The molecule has 69 heavy (non-hydrogen) atoms. The Balaban J connectivity index is 1.16. The highest BCUT2D eigenvalue weighted by atomic mass is 15.0. The van der Waals surface area contributed by atoms with E-state index in [1.54, 1.807) is 0 Å². The molecule has 0 saturated carbocycles. The lowest BCUT2D eigenvalue weighted by Crippen LogP contribution is -2.04. The van der Waals surface area contributed by atoms with Crippen LogP contribution in [0.2, 0.25) is 0 Å². The molecule has 0 spiro atoms. The SMILES string of the molecule is Cc1ccccc1-c1ccc2c(c1)c1cc(-c3ccccc3C)ccc1n2-c1ccc(-c2nc(-c3ccccc3)nc(-c3ccccc3)n2)cc1-c1nc(-c2ccccc2)cc(-c2ccccc2)n1. The summed E-state index contributed by atoms with van der Waals surface area (Å²) >= 11 is 0. The smallest absolute Gasteiger partial charge is 0.164 e. The number of aryl methyl sites for hydroxylation is 2. The van der Waals surface area contributed by atoms with E-state index in [1.165, 1.54) is 33.4 Å². The zero-order valence-electron chi connectivity index (χ0n) is 38.1. The molecule has 3 aromatic heterocycles. The highest BCUT2D eigenvalue weighted by Crippen LogP contribution is 2.42. The molecule has 12 aromatic rings. The van der Waals surface area contributed by atoms with Crippen molar-refractivity contribution in [1.82, 2.24) is 29.5 Å². The first-order valence-electron chi connectivity index (χ1n) is 23.2. The standard InChI is InChI=1S/C63H44N6/c1-41-19-15-17-29-50(41)47-31-34-57-52(37-47)53-38-48(51-30-18-16-20-42(51)2)32-35-58(53)69(57)59-36-33-49(62-67-60(45-25-11-5-12-26-45)66-61(68-62)46-27-13-6-14-28-46)39-54(59)63-64-55(43-21-7-3-8-22-43)40-56(65-63)44-23-9-4-10-24-44/h3-40H,1-2H3. The Labute approximate surface area is 401 Å². The van der Waals surface area contributed by atoms with Crippen LogP contribution in [0.3, 0.4) is 0 Å². The van der Waals surface area contributed by atoms with Crippen LogP contribution in [0.4, 0.5) is 0 Å². The Kier molecular flexibility index (Phi) is 10.5. The molecule has 0 aliphatic rings. The third-order valence-corrected chi connectivity index (χ3v) is 13.0. The molecule has 0 N–H and O–H groups in total. The normalized spacial score (nSPS) is 11.3. The molecule has 0 amide bonds. The Hall–Kier alpha value is -9.13. The number of fused-ring (bicyclic) bond motifs is 3. The van der Waals surface area contributed by atoms with Crippen LogP contribution >= 0.6 is 0 Å². The first-order chi connectivity index (χ1) is 34.0. The van der Waals surface area contributed by atoms with E-state index in [1.807, 2.05) is 72.8 Å². The molecular formula is C63H44N6. The number of nitrogens with zero attached hydrogens (tertiary/aromatic N) is 6. The van der Waals surface area contributed by atoms with Gasteiger partial charge in [-0.05, 0) is 95.8 Å². The molecule has 0 fully saturated rings. The number of benzene rings is 9. The fourth-order valence-corrected chi connectivity index (χ4v) is 9.48. The number of hydrogen-bond acceptors (Lipinski definition) is 5. The van der Waals surface area contributed by atoms with Gasteiger partial charge in [0.1, 0.15) is 0 Å². The van der Waals surface area contributed by atoms with Gasteiger partial charge in [-0.2, -0.15) is 0 Å². The van der Waals surface area contributed by atoms with Crippen LogP contribution in [0.25, 0.3) is 118 Å². The minimum absolute atomic E-state index is 0.547. The minimum atomic E-state index is 0.547. The van der Waals surface area contributed by atoms with E-state index in [2.05, 4.69) is 176 Å². The van der Waals surface area contributed by atoms with Crippen molar-refractivity contribution >= 4 is 21.8 Å². The molecule has 326 valence electrons. The van der Waals surface area contributed by atoms with E-state index in [4.69, 9.17) is 24.9 Å². The highest BCUT2D eigenvalue weighted by Gasteiger charge is 2.22. The van der Waals surface area contributed by atoms with E-state index < -0.39 is 0 Å². The molecule has 9 aromatic carbocycles. The van der Waals surface area contributed by atoms with Crippen molar-refractivity contribution in [3.63, 3.8) is 0 Å². The lowest BCUT2D eigenvalue weighted by Gasteiger charge is -2.17. The maximum Gasteiger partial charge on any atom is 0.164 e. The lowest BCUT2D eigenvalue weighted by atomic mass is 9.97. The molecule has 0 aliphatic heterocycles. The molecule has 0 bridgehead atoms. The second-order valence-electron chi connectivity index (χ2n) is 17.4. The third kappa shape index (κ3) is 7.84. The van der Waals surface area contributed by atoms with Crippen molar-refractivity contribution in [1.29, 1.82) is 0 Å². The maximum absolute atomic E-state index is 5.44. The van der Waals surface area contributed by atoms with Crippen molar-refractivity contribution in [2.45, 2.75) is 13.8 Å². The minimum Gasteiger partial charge on any atom is -0.308 e. The zero-order valence-corrected chi connectivity index (χ0v) is 38.1. The Morgan fingerprint density at radius 3 is 1.12 bits per heavy atom. The Morgan fingerprint density at radius 2 is 0.667 bits per heavy atom. The molecular weight excluding hydrogens is 841 g/mol. The van der Waals surface area contributed by atoms with Crippen LogP contribution < -0.4 is 0 Å². The molecule has 0 aliphatic carbocycles. The predicted molar refractivity (Wildman–Crippen MR) is 283 cm³/mol. The van der Waals surface area contributed by atoms with Crippen molar-refractivity contribution < 1.29 is 0 Å². The molecule has 0 unspecified atom stereocenters. The van der Waals surface area contributed by atoms with Gasteiger partial charge in [-0.1, -0.05) is 182 Å². The van der Waals surface area contributed by atoms with Gasteiger partial charge in [0, 0.05) is 44.2 Å². The van der Waals surface area contributed by atoms with E-state index >= 15 is 0 Å². The van der Waals surface area contributed by atoms with Gasteiger partial charge in [0.2, 0.25) is 0 Å². The van der Waals surface area contributed by atoms with Gasteiger partial charge in [0.25, 0.3) is 0 Å². The van der Waals surface area contributed by atoms with E-state index in [9.17, 15) is 0 Å². The fourth-order valence-electron chi connectivity index (χ4n) is 9.48. The summed E-state index contributed by atoms with van der Waals surface area (Å²) in [7, 11) is 0. The topological polar surface area (TPSA) is 69.4 Å². The van der Waals surface area contributed by atoms with E-state index in [0.717, 1.165) is 72.3 Å². The average Bonchev–Trinajstić information content (AvgIpc) is 3.74. The Bertz CT molecular complexity index is 3630. The molecule has 0 radical (unpaired) electrons. The first-order valence-corrected chi connectivity index (χ1v) is 23.2. The van der Waals surface area contributed by atoms with Gasteiger partial charge in [-0.25, -0.2) is 24.9 Å². The fraction of sp³-hybridized carbons (Fsp3) is 0.0317. The summed E-state index contributed by atoms with van der Waals surface area (Å²) in [5.41, 5.74) is 17.4. The predicted octanol–water partition coefficient (Wildman–Crippen LogP) is 15.7. The summed E-state index contributed by atoms with van der Waals surface area (Å²) in [5.74, 6) is 2.31. The van der Waals surface area contributed by atoms with Crippen LogP contribution in [0.15, 0.2) is 231 Å². The molecule has 0 atom stereocenters. The Morgan fingerprint density at radius 1 is 0.275 bits per heavy atom. The highest BCUT2D eigenvalue weighted by molar-refractivity contribution is 6.12. The van der Waals surface area contributed by atoms with Crippen LogP contribution in [0.1, 0.15) is 11.1 Å². The summed E-state index contributed by atoms with van der Waals surface area (Å²) in [4.78, 5) is 26.3. The maximum atomic E-state index is 5.44.